The summed E-state index contributed by atoms with van der Waals surface area (Å²) < 4.78 is 0. The zero-order valence-corrected chi connectivity index (χ0v) is 9.40. The van der Waals surface area contributed by atoms with Crippen molar-refractivity contribution in [1.29, 1.82) is 0 Å². The normalized spacial score (nSPS) is 11.0. The van der Waals surface area contributed by atoms with Crippen molar-refractivity contribution in [3.8, 4) is 11.3 Å². The van der Waals surface area contributed by atoms with Crippen LogP contribution in [0.15, 0.2) is 41.1 Å². The van der Waals surface area contributed by atoms with Gasteiger partial charge in [-0.15, -0.1) is 0 Å². The molecule has 2 aromatic heterocycles. The number of hydrogen-bond donors (Lipinski definition) is 1. The van der Waals surface area contributed by atoms with Crippen molar-refractivity contribution in [2.45, 2.75) is 0 Å². The maximum atomic E-state index is 5.93. The van der Waals surface area contributed by atoms with Gasteiger partial charge in [0.2, 0.25) is 0 Å². The van der Waals surface area contributed by atoms with Gasteiger partial charge in [-0.25, -0.2) is 0 Å². The molecule has 0 atom stereocenters. The largest absolute Gasteiger partial charge is 0.354 e. The van der Waals surface area contributed by atoms with Crippen molar-refractivity contribution in [2.75, 3.05) is 0 Å². The summed E-state index contributed by atoms with van der Waals surface area (Å²) in [6, 6.07) is 10.1. The lowest BCUT2D eigenvalue weighted by Gasteiger charge is -1.90. The van der Waals surface area contributed by atoms with Crippen molar-refractivity contribution in [3.63, 3.8) is 0 Å². The average molecular weight is 234 g/mol. The number of rotatable bonds is 1. The average Bonchev–Trinajstić information content (AvgIpc) is 2.84. The number of hydrogen-bond acceptors (Lipinski definition) is 1. The first kappa shape index (κ1) is 9.01. The molecule has 3 rings (SSSR count). The van der Waals surface area contributed by atoms with Crippen LogP contribution in [0.1, 0.15) is 0 Å². The predicted octanol–water partition coefficient (Wildman–Crippen LogP) is 4.55. The van der Waals surface area contributed by atoms with E-state index in [1.807, 2.05) is 18.2 Å². The SMILES string of the molecule is Clc1ccc2cc(-c3ccsc3)[nH]c2c1. The summed E-state index contributed by atoms with van der Waals surface area (Å²) in [5.74, 6) is 0. The molecular weight excluding hydrogens is 226 g/mol. The van der Waals surface area contributed by atoms with Gasteiger partial charge in [-0.2, -0.15) is 11.3 Å². The molecular formula is C12H8ClNS. The van der Waals surface area contributed by atoms with Gasteiger partial charge in [0.05, 0.1) is 0 Å². The smallest absolute Gasteiger partial charge is 0.0473 e. The Kier molecular flexibility index (Phi) is 2.04. The van der Waals surface area contributed by atoms with E-state index in [0.717, 1.165) is 16.2 Å². The van der Waals surface area contributed by atoms with Gasteiger partial charge in [0, 0.05) is 32.6 Å². The van der Waals surface area contributed by atoms with Gasteiger partial charge < -0.3 is 4.98 Å². The van der Waals surface area contributed by atoms with Crippen LogP contribution in [-0.4, -0.2) is 4.98 Å². The van der Waals surface area contributed by atoms with Gasteiger partial charge in [-0.1, -0.05) is 17.7 Å². The Bertz CT molecular complexity index is 595. The molecule has 0 saturated carbocycles. The third-order valence-electron chi connectivity index (χ3n) is 2.42. The van der Waals surface area contributed by atoms with E-state index in [2.05, 4.69) is 27.9 Å². The number of aromatic nitrogens is 1. The van der Waals surface area contributed by atoms with Crippen LogP contribution >= 0.6 is 22.9 Å². The monoisotopic (exact) mass is 233 g/mol. The molecule has 15 heavy (non-hydrogen) atoms. The quantitative estimate of drug-likeness (QED) is 0.635. The van der Waals surface area contributed by atoms with Crippen LogP contribution in [-0.2, 0) is 0 Å². The lowest BCUT2D eigenvalue weighted by Crippen LogP contribution is -1.70. The fourth-order valence-electron chi connectivity index (χ4n) is 1.67. The first-order valence-electron chi connectivity index (χ1n) is 4.64. The summed E-state index contributed by atoms with van der Waals surface area (Å²) in [5.41, 5.74) is 3.46. The van der Waals surface area contributed by atoms with Gasteiger partial charge in [0.1, 0.15) is 0 Å². The third-order valence-corrected chi connectivity index (χ3v) is 3.34. The first-order valence-corrected chi connectivity index (χ1v) is 5.96. The molecule has 3 aromatic rings. The minimum absolute atomic E-state index is 0.765. The fourth-order valence-corrected chi connectivity index (χ4v) is 2.50. The Morgan fingerprint density at radius 2 is 2.07 bits per heavy atom. The van der Waals surface area contributed by atoms with E-state index in [1.165, 1.54) is 10.9 Å². The molecule has 0 aliphatic carbocycles. The van der Waals surface area contributed by atoms with Crippen molar-refractivity contribution in [3.05, 3.63) is 46.1 Å². The zero-order chi connectivity index (χ0) is 10.3. The Balaban J connectivity index is 2.22. The topological polar surface area (TPSA) is 15.8 Å². The molecule has 0 amide bonds. The molecule has 0 bridgehead atoms. The number of halogens is 1. The molecule has 1 aromatic carbocycles. The maximum Gasteiger partial charge on any atom is 0.0473 e. The maximum absolute atomic E-state index is 5.93. The Morgan fingerprint density at radius 3 is 2.87 bits per heavy atom. The molecule has 0 unspecified atom stereocenters. The van der Waals surface area contributed by atoms with Crippen LogP contribution in [0.5, 0.6) is 0 Å². The van der Waals surface area contributed by atoms with E-state index in [0.29, 0.717) is 0 Å². The second-order valence-corrected chi connectivity index (χ2v) is 4.64. The third kappa shape index (κ3) is 1.56. The molecule has 1 nitrogen and oxygen atoms in total. The second-order valence-electron chi connectivity index (χ2n) is 3.43. The highest BCUT2D eigenvalue weighted by Crippen LogP contribution is 2.27. The molecule has 0 saturated heterocycles. The van der Waals surface area contributed by atoms with Crippen LogP contribution in [0, 0.1) is 0 Å². The van der Waals surface area contributed by atoms with Gasteiger partial charge in [-0.05, 0) is 29.6 Å². The van der Waals surface area contributed by atoms with Crippen LogP contribution in [0.25, 0.3) is 22.2 Å². The van der Waals surface area contributed by atoms with Gasteiger partial charge in [0.15, 0.2) is 0 Å². The van der Waals surface area contributed by atoms with E-state index >= 15 is 0 Å². The van der Waals surface area contributed by atoms with Gasteiger partial charge in [-0.3, -0.25) is 0 Å². The summed E-state index contributed by atoms with van der Waals surface area (Å²) in [7, 11) is 0. The summed E-state index contributed by atoms with van der Waals surface area (Å²) in [5, 5.41) is 6.17. The number of H-pyrrole nitrogens is 1. The van der Waals surface area contributed by atoms with Crippen molar-refractivity contribution in [1.82, 2.24) is 4.98 Å². The number of fused-ring (bicyclic) bond motifs is 1. The molecule has 1 N–H and O–H groups in total. The van der Waals surface area contributed by atoms with E-state index < -0.39 is 0 Å². The Labute approximate surface area is 96.3 Å². The molecule has 2 heterocycles. The zero-order valence-electron chi connectivity index (χ0n) is 7.83. The van der Waals surface area contributed by atoms with E-state index in [4.69, 9.17) is 11.6 Å². The second kappa shape index (κ2) is 3.40. The van der Waals surface area contributed by atoms with Crippen LogP contribution in [0.3, 0.4) is 0 Å². The summed E-state index contributed by atoms with van der Waals surface area (Å²) in [6.45, 7) is 0. The molecule has 0 spiro atoms. The Hall–Kier alpha value is -1.25. The van der Waals surface area contributed by atoms with E-state index in [-0.39, 0.29) is 0 Å². The molecule has 3 heteroatoms. The molecule has 0 radical (unpaired) electrons. The molecule has 0 aliphatic heterocycles. The van der Waals surface area contributed by atoms with Gasteiger partial charge in [0.25, 0.3) is 0 Å². The molecule has 0 fully saturated rings. The highest BCUT2D eigenvalue weighted by Gasteiger charge is 2.03. The number of aromatic amines is 1. The van der Waals surface area contributed by atoms with E-state index in [9.17, 15) is 0 Å². The minimum atomic E-state index is 0.765. The lowest BCUT2D eigenvalue weighted by molar-refractivity contribution is 1.47. The first-order chi connectivity index (χ1) is 7.33. The van der Waals surface area contributed by atoms with Crippen LogP contribution in [0.4, 0.5) is 0 Å². The van der Waals surface area contributed by atoms with Crippen LogP contribution < -0.4 is 0 Å². The summed E-state index contributed by atoms with van der Waals surface area (Å²) >= 11 is 7.64. The van der Waals surface area contributed by atoms with Crippen molar-refractivity contribution < 1.29 is 0 Å². The van der Waals surface area contributed by atoms with Crippen molar-refractivity contribution in [2.24, 2.45) is 0 Å². The fraction of sp³-hybridized carbons (Fsp3) is 0. The van der Waals surface area contributed by atoms with Gasteiger partial charge >= 0.3 is 0 Å². The number of nitrogens with one attached hydrogen (secondary N) is 1. The summed E-state index contributed by atoms with van der Waals surface area (Å²) in [6.07, 6.45) is 0. The predicted molar refractivity (Wildman–Crippen MR) is 66.6 cm³/mol. The molecule has 74 valence electrons. The Morgan fingerprint density at radius 1 is 1.13 bits per heavy atom. The highest BCUT2D eigenvalue weighted by molar-refractivity contribution is 7.08. The van der Waals surface area contributed by atoms with E-state index in [1.54, 1.807) is 11.3 Å². The standard InChI is InChI=1S/C12H8ClNS/c13-10-2-1-8-5-11(14-12(8)6-10)9-3-4-15-7-9/h1-7,14H. The number of thiophene rings is 1. The highest BCUT2D eigenvalue weighted by atomic mass is 35.5. The summed E-state index contributed by atoms with van der Waals surface area (Å²) in [4.78, 5) is 3.36. The lowest BCUT2D eigenvalue weighted by atomic mass is 10.2. The van der Waals surface area contributed by atoms with Crippen molar-refractivity contribution >= 4 is 33.8 Å². The van der Waals surface area contributed by atoms with Crippen LogP contribution in [0.2, 0.25) is 5.02 Å². The number of benzene rings is 1. The molecule has 0 aliphatic rings. The minimum Gasteiger partial charge on any atom is -0.354 e.